The number of ether oxygens (including phenoxy) is 1. The quantitative estimate of drug-likeness (QED) is 0.919. The van der Waals surface area contributed by atoms with Crippen molar-refractivity contribution in [3.05, 3.63) is 34.9 Å². The van der Waals surface area contributed by atoms with E-state index in [0.29, 0.717) is 17.8 Å². The number of nitrogens with zero attached hydrogens (tertiary/aromatic N) is 1. The molecule has 2 unspecified atom stereocenters. The highest BCUT2D eigenvalue weighted by atomic mass is 16.5. The van der Waals surface area contributed by atoms with Crippen LogP contribution in [0.5, 0.6) is 0 Å². The van der Waals surface area contributed by atoms with Gasteiger partial charge in [0.2, 0.25) is 0 Å². The normalized spacial score (nSPS) is 26.4. The minimum atomic E-state index is -0.849. The second-order valence-electron chi connectivity index (χ2n) is 5.92. The SMILES string of the molecule is CC1CCC(CN2CCc3ccc(C(=O)O)cc3C2)O1. The molecular weight excluding hydrogens is 254 g/mol. The molecule has 1 aromatic rings. The minimum Gasteiger partial charge on any atom is -0.478 e. The maximum atomic E-state index is 11.0. The minimum absolute atomic E-state index is 0.342. The summed E-state index contributed by atoms with van der Waals surface area (Å²) in [6.45, 7) is 4.96. The van der Waals surface area contributed by atoms with E-state index in [0.717, 1.165) is 44.5 Å². The molecule has 0 aromatic heterocycles. The monoisotopic (exact) mass is 275 g/mol. The lowest BCUT2D eigenvalue weighted by molar-refractivity contribution is 0.0286. The Kier molecular flexibility index (Phi) is 3.76. The van der Waals surface area contributed by atoms with Crippen LogP contribution in [-0.4, -0.2) is 41.3 Å². The molecule has 1 saturated heterocycles. The van der Waals surface area contributed by atoms with Crippen molar-refractivity contribution in [2.45, 2.75) is 44.9 Å². The predicted molar refractivity (Wildman–Crippen MR) is 76.0 cm³/mol. The highest BCUT2D eigenvalue weighted by Crippen LogP contribution is 2.24. The lowest BCUT2D eigenvalue weighted by Gasteiger charge is -2.30. The molecule has 0 aliphatic carbocycles. The number of carbonyl (C=O) groups is 1. The molecule has 2 aliphatic heterocycles. The molecule has 2 aliphatic rings. The van der Waals surface area contributed by atoms with Crippen molar-refractivity contribution in [2.24, 2.45) is 0 Å². The molecule has 0 spiro atoms. The highest BCUT2D eigenvalue weighted by molar-refractivity contribution is 5.87. The molecule has 0 amide bonds. The average molecular weight is 275 g/mol. The first-order chi connectivity index (χ1) is 9.61. The van der Waals surface area contributed by atoms with Crippen LogP contribution in [0.1, 0.15) is 41.3 Å². The summed E-state index contributed by atoms with van der Waals surface area (Å²) < 4.78 is 5.88. The molecular formula is C16H21NO3. The molecule has 1 fully saturated rings. The van der Waals surface area contributed by atoms with Gasteiger partial charge < -0.3 is 9.84 Å². The summed E-state index contributed by atoms with van der Waals surface area (Å²) in [4.78, 5) is 13.4. The molecule has 0 bridgehead atoms. The van der Waals surface area contributed by atoms with Gasteiger partial charge in [-0.25, -0.2) is 4.79 Å². The zero-order chi connectivity index (χ0) is 14.1. The van der Waals surface area contributed by atoms with E-state index in [9.17, 15) is 4.79 Å². The smallest absolute Gasteiger partial charge is 0.335 e. The fourth-order valence-electron chi connectivity index (χ4n) is 3.21. The Hall–Kier alpha value is -1.39. The first-order valence-electron chi connectivity index (χ1n) is 7.35. The summed E-state index contributed by atoms with van der Waals surface area (Å²) >= 11 is 0. The van der Waals surface area contributed by atoms with E-state index in [1.165, 1.54) is 5.56 Å². The Balaban J connectivity index is 1.67. The number of fused-ring (bicyclic) bond motifs is 1. The molecule has 4 heteroatoms. The van der Waals surface area contributed by atoms with Crippen molar-refractivity contribution in [3.63, 3.8) is 0 Å². The van der Waals surface area contributed by atoms with Crippen molar-refractivity contribution in [2.75, 3.05) is 13.1 Å². The molecule has 3 rings (SSSR count). The highest BCUT2D eigenvalue weighted by Gasteiger charge is 2.26. The van der Waals surface area contributed by atoms with Crippen LogP contribution in [0.25, 0.3) is 0 Å². The number of hydrogen-bond donors (Lipinski definition) is 1. The second kappa shape index (κ2) is 5.54. The summed E-state index contributed by atoms with van der Waals surface area (Å²) in [6.07, 6.45) is 4.01. The summed E-state index contributed by atoms with van der Waals surface area (Å²) in [5.41, 5.74) is 2.82. The maximum Gasteiger partial charge on any atom is 0.335 e. The van der Waals surface area contributed by atoms with E-state index >= 15 is 0 Å². The van der Waals surface area contributed by atoms with Gasteiger partial charge in [-0.3, -0.25) is 4.90 Å². The van der Waals surface area contributed by atoms with Gasteiger partial charge in [0, 0.05) is 19.6 Å². The van der Waals surface area contributed by atoms with Crippen molar-refractivity contribution in [3.8, 4) is 0 Å². The van der Waals surface area contributed by atoms with Gasteiger partial charge >= 0.3 is 5.97 Å². The summed E-state index contributed by atoms with van der Waals surface area (Å²) in [5, 5.41) is 9.08. The van der Waals surface area contributed by atoms with Crippen molar-refractivity contribution < 1.29 is 14.6 Å². The van der Waals surface area contributed by atoms with Crippen LogP contribution in [0, 0.1) is 0 Å². The number of carboxylic acid groups (broad SMARTS) is 1. The molecule has 108 valence electrons. The summed E-state index contributed by atoms with van der Waals surface area (Å²) in [6, 6.07) is 5.49. The molecule has 20 heavy (non-hydrogen) atoms. The van der Waals surface area contributed by atoms with Crippen molar-refractivity contribution in [1.82, 2.24) is 4.90 Å². The maximum absolute atomic E-state index is 11.0. The van der Waals surface area contributed by atoms with Crippen LogP contribution < -0.4 is 0 Å². The third-order valence-corrected chi connectivity index (χ3v) is 4.33. The van der Waals surface area contributed by atoms with Crippen LogP contribution in [0.15, 0.2) is 18.2 Å². The van der Waals surface area contributed by atoms with Crippen molar-refractivity contribution in [1.29, 1.82) is 0 Å². The number of benzene rings is 1. The molecule has 0 radical (unpaired) electrons. The Morgan fingerprint density at radius 2 is 2.25 bits per heavy atom. The Bertz CT molecular complexity index is 514. The second-order valence-corrected chi connectivity index (χ2v) is 5.92. The van der Waals surface area contributed by atoms with Gasteiger partial charge in [0.1, 0.15) is 0 Å². The fourth-order valence-corrected chi connectivity index (χ4v) is 3.21. The average Bonchev–Trinajstić information content (AvgIpc) is 2.83. The standard InChI is InChI=1S/C16H21NO3/c1-11-2-5-15(20-11)10-17-7-6-12-3-4-13(16(18)19)8-14(12)9-17/h3-4,8,11,15H,2,5-7,9-10H2,1H3,(H,18,19). The first-order valence-corrected chi connectivity index (χ1v) is 7.35. The van der Waals surface area contributed by atoms with Crippen molar-refractivity contribution >= 4 is 5.97 Å². The number of rotatable bonds is 3. The van der Waals surface area contributed by atoms with E-state index in [4.69, 9.17) is 9.84 Å². The zero-order valence-electron chi connectivity index (χ0n) is 11.8. The Morgan fingerprint density at radius 3 is 2.95 bits per heavy atom. The molecule has 4 nitrogen and oxygen atoms in total. The summed E-state index contributed by atoms with van der Waals surface area (Å²) in [7, 11) is 0. The molecule has 1 N–H and O–H groups in total. The first kappa shape index (κ1) is 13.6. The van der Waals surface area contributed by atoms with Crippen LogP contribution in [-0.2, 0) is 17.7 Å². The van der Waals surface area contributed by atoms with Gasteiger partial charge in [0.15, 0.2) is 0 Å². The van der Waals surface area contributed by atoms with Gasteiger partial charge in [0.25, 0.3) is 0 Å². The molecule has 1 aromatic carbocycles. The van der Waals surface area contributed by atoms with Gasteiger partial charge in [-0.05, 0) is 49.4 Å². The van der Waals surface area contributed by atoms with E-state index in [-0.39, 0.29) is 0 Å². The zero-order valence-corrected chi connectivity index (χ0v) is 11.8. The van der Waals surface area contributed by atoms with Gasteiger partial charge in [-0.1, -0.05) is 6.07 Å². The van der Waals surface area contributed by atoms with Gasteiger partial charge in [-0.15, -0.1) is 0 Å². The molecule has 0 saturated carbocycles. The topological polar surface area (TPSA) is 49.8 Å². The van der Waals surface area contributed by atoms with E-state index < -0.39 is 5.97 Å². The van der Waals surface area contributed by atoms with Gasteiger partial charge in [0.05, 0.1) is 17.8 Å². The van der Waals surface area contributed by atoms with Crippen LogP contribution in [0.4, 0.5) is 0 Å². The third-order valence-electron chi connectivity index (χ3n) is 4.33. The lowest BCUT2D eigenvalue weighted by Crippen LogP contribution is -2.36. The third kappa shape index (κ3) is 2.86. The van der Waals surface area contributed by atoms with Crippen LogP contribution in [0.2, 0.25) is 0 Å². The van der Waals surface area contributed by atoms with E-state index in [1.54, 1.807) is 6.07 Å². The molecule has 2 heterocycles. The largest absolute Gasteiger partial charge is 0.478 e. The number of carboxylic acids is 1. The Labute approximate surface area is 119 Å². The fraction of sp³-hybridized carbons (Fsp3) is 0.562. The van der Waals surface area contributed by atoms with E-state index in [1.807, 2.05) is 12.1 Å². The lowest BCUT2D eigenvalue weighted by atomic mass is 9.97. The number of hydrogen-bond acceptors (Lipinski definition) is 3. The summed E-state index contributed by atoms with van der Waals surface area (Å²) in [5.74, 6) is -0.849. The Morgan fingerprint density at radius 1 is 1.40 bits per heavy atom. The van der Waals surface area contributed by atoms with Crippen LogP contribution >= 0.6 is 0 Å². The molecule has 2 atom stereocenters. The predicted octanol–water partition coefficient (Wildman–Crippen LogP) is 2.31. The van der Waals surface area contributed by atoms with Crippen LogP contribution in [0.3, 0.4) is 0 Å². The number of aromatic carboxylic acids is 1. The van der Waals surface area contributed by atoms with Gasteiger partial charge in [-0.2, -0.15) is 0 Å². The van der Waals surface area contributed by atoms with E-state index in [2.05, 4.69) is 11.8 Å².